The van der Waals surface area contributed by atoms with Crippen LogP contribution >= 0.6 is 7.11 Å². The molecule has 0 fully saturated rings. The fraction of sp³-hybridized carbons (Fsp3) is 0.750. The maximum atomic E-state index is 8.83. The topological polar surface area (TPSA) is 20.2 Å². The van der Waals surface area contributed by atoms with E-state index < -0.39 is 7.11 Å². The zero-order valence-electron chi connectivity index (χ0n) is 4.31. The number of rotatable bonds is 1. The summed E-state index contributed by atoms with van der Waals surface area (Å²) in [6.45, 7) is 3.74. The lowest BCUT2D eigenvalue weighted by Crippen LogP contribution is -1.76. The molecular weight excluding hydrogens is 95.0 g/mol. The molecule has 38 valence electrons. The lowest BCUT2D eigenvalue weighted by atomic mass is 11.0. The van der Waals surface area contributed by atoms with E-state index in [2.05, 4.69) is 6.30 Å². The van der Waals surface area contributed by atoms with Crippen molar-refractivity contribution < 1.29 is 4.89 Å². The second-order valence-corrected chi connectivity index (χ2v) is 4.97. The Morgan fingerprint density at radius 1 is 1.83 bits per heavy atom. The van der Waals surface area contributed by atoms with Gasteiger partial charge in [0.2, 0.25) is 0 Å². The Morgan fingerprint density at radius 3 is 2.00 bits per heavy atom. The molecule has 0 rings (SSSR count). The molecule has 0 aliphatic rings. The molecule has 0 aliphatic carbocycles. The van der Waals surface area contributed by atoms with Gasteiger partial charge >= 0.3 is 0 Å². The molecule has 0 spiro atoms. The van der Waals surface area contributed by atoms with Crippen molar-refractivity contribution in [2.24, 2.45) is 0 Å². The summed E-state index contributed by atoms with van der Waals surface area (Å²) < 4.78 is 0. The summed E-state index contributed by atoms with van der Waals surface area (Å²) in [5, 5.41) is 0. The van der Waals surface area contributed by atoms with Crippen molar-refractivity contribution in [2.75, 3.05) is 12.8 Å². The van der Waals surface area contributed by atoms with Gasteiger partial charge in [-0.15, -0.1) is 0 Å². The molecule has 0 aromatic carbocycles. The molecule has 0 aromatic heterocycles. The summed E-state index contributed by atoms with van der Waals surface area (Å²) >= 11 is 0. The average Bonchev–Trinajstić information content (AvgIpc) is 1.35. The molecule has 0 aromatic rings. The van der Waals surface area contributed by atoms with E-state index in [1.807, 2.05) is 6.92 Å². The van der Waals surface area contributed by atoms with Crippen LogP contribution in [0.3, 0.4) is 0 Å². The molecule has 0 amide bonds. The molecule has 0 radical (unpaired) electrons. The van der Waals surface area contributed by atoms with E-state index >= 15 is 0 Å². The first-order valence-corrected chi connectivity index (χ1v) is 4.55. The lowest BCUT2D eigenvalue weighted by molar-refractivity contribution is 0.627. The highest BCUT2D eigenvalue weighted by Gasteiger charge is 1.91. The Balaban J connectivity index is 3.48. The summed E-state index contributed by atoms with van der Waals surface area (Å²) in [5.74, 6) is 0. The van der Waals surface area contributed by atoms with Gasteiger partial charge in [-0.05, 0) is 19.9 Å². The van der Waals surface area contributed by atoms with Crippen LogP contribution in [0.25, 0.3) is 0 Å². The van der Waals surface area contributed by atoms with Crippen molar-refractivity contribution in [2.45, 2.75) is 6.92 Å². The predicted octanol–water partition coefficient (Wildman–Crippen LogP) is 0.993. The van der Waals surface area contributed by atoms with Crippen LogP contribution in [0, 0.1) is 0 Å². The third-order valence-corrected chi connectivity index (χ3v) is 2.04. The van der Waals surface area contributed by atoms with Gasteiger partial charge in [0.05, 0.1) is 0 Å². The van der Waals surface area contributed by atoms with E-state index in [-0.39, 0.29) is 0 Å². The van der Waals surface area contributed by atoms with E-state index in [1.165, 1.54) is 0 Å². The van der Waals surface area contributed by atoms with Crippen molar-refractivity contribution >= 4 is 13.4 Å². The Bertz CT molecular complexity index is 71.6. The molecule has 0 saturated carbocycles. The predicted molar refractivity (Wildman–Crippen MR) is 32.7 cm³/mol. The summed E-state index contributed by atoms with van der Waals surface area (Å²) in [4.78, 5) is 8.83. The summed E-state index contributed by atoms with van der Waals surface area (Å²) in [6.07, 6.45) is 4.38. The molecule has 2 heteroatoms. The smallest absolute Gasteiger partial charge is 0.00523 e. The maximum Gasteiger partial charge on any atom is -0.00523 e. The standard InChI is InChI=1S/C4H11OP/c1-4-6(2,3)5/h5H,2,4H2,1,3H3. The Labute approximate surface area is 39.1 Å². The summed E-state index contributed by atoms with van der Waals surface area (Å²) in [5.41, 5.74) is 0. The zero-order chi connectivity index (χ0) is 5.21. The van der Waals surface area contributed by atoms with Crippen molar-refractivity contribution in [1.29, 1.82) is 0 Å². The minimum absolute atomic E-state index is 0.826. The quantitative estimate of drug-likeness (QED) is 0.494. The van der Waals surface area contributed by atoms with Crippen LogP contribution < -0.4 is 0 Å². The van der Waals surface area contributed by atoms with Crippen LogP contribution in [0.4, 0.5) is 0 Å². The van der Waals surface area contributed by atoms with Gasteiger partial charge in [-0.3, -0.25) is 0 Å². The normalized spacial score (nSPS) is 19.8. The highest BCUT2D eigenvalue weighted by molar-refractivity contribution is 7.67. The van der Waals surface area contributed by atoms with Crippen molar-refractivity contribution in [1.82, 2.24) is 0 Å². The van der Waals surface area contributed by atoms with Gasteiger partial charge in [0.15, 0.2) is 0 Å². The van der Waals surface area contributed by atoms with Crippen molar-refractivity contribution in [3.8, 4) is 0 Å². The largest absolute Gasteiger partial charge is 0.377 e. The third-order valence-electron chi connectivity index (χ3n) is 0.681. The van der Waals surface area contributed by atoms with E-state index in [4.69, 9.17) is 4.89 Å². The SMILES string of the molecule is C=P(C)(O)CC. The molecule has 1 N–H and O–H groups in total. The summed E-state index contributed by atoms with van der Waals surface area (Å²) in [6, 6.07) is 0. The van der Waals surface area contributed by atoms with Gasteiger partial charge in [0.25, 0.3) is 0 Å². The van der Waals surface area contributed by atoms with Gasteiger partial charge in [-0.2, -0.15) is 0 Å². The monoisotopic (exact) mass is 106 g/mol. The van der Waals surface area contributed by atoms with Crippen molar-refractivity contribution in [3.63, 3.8) is 0 Å². The van der Waals surface area contributed by atoms with Gasteiger partial charge < -0.3 is 4.89 Å². The lowest BCUT2D eigenvalue weighted by Gasteiger charge is -2.03. The Kier molecular flexibility index (Phi) is 1.89. The zero-order valence-corrected chi connectivity index (χ0v) is 5.20. The molecule has 0 saturated heterocycles. The van der Waals surface area contributed by atoms with Crippen LogP contribution in [0.1, 0.15) is 6.92 Å². The first kappa shape index (κ1) is 6.26. The maximum absolute atomic E-state index is 8.83. The molecule has 6 heavy (non-hydrogen) atoms. The highest BCUT2D eigenvalue weighted by Crippen LogP contribution is 2.32. The second kappa shape index (κ2) is 1.81. The Hall–Kier alpha value is 0.260. The first-order chi connectivity index (χ1) is 2.56. The highest BCUT2D eigenvalue weighted by atomic mass is 31.2. The molecule has 0 bridgehead atoms. The summed E-state index contributed by atoms with van der Waals surface area (Å²) in [7, 11) is -1.65. The molecule has 1 nitrogen and oxygen atoms in total. The van der Waals surface area contributed by atoms with Crippen LogP contribution in [-0.2, 0) is 0 Å². The number of hydrogen-bond donors (Lipinski definition) is 1. The molecular formula is C4H11OP. The molecule has 0 heterocycles. The average molecular weight is 106 g/mol. The van der Waals surface area contributed by atoms with Gasteiger partial charge in [-0.25, -0.2) is 0 Å². The second-order valence-electron chi connectivity index (χ2n) is 1.66. The third kappa shape index (κ3) is 4.26. The molecule has 0 aliphatic heterocycles. The van der Waals surface area contributed by atoms with Gasteiger partial charge in [0, 0.05) is 0 Å². The fourth-order valence-corrected chi connectivity index (χ4v) is 0. The van der Waals surface area contributed by atoms with E-state index in [1.54, 1.807) is 6.66 Å². The molecule has 1 atom stereocenters. The van der Waals surface area contributed by atoms with E-state index in [0.717, 1.165) is 6.16 Å². The van der Waals surface area contributed by atoms with Crippen LogP contribution in [0.2, 0.25) is 0 Å². The minimum Gasteiger partial charge on any atom is -0.377 e. The first-order valence-electron chi connectivity index (χ1n) is 1.99. The van der Waals surface area contributed by atoms with Crippen LogP contribution in [0.5, 0.6) is 0 Å². The minimum atomic E-state index is -1.65. The van der Waals surface area contributed by atoms with E-state index in [0.29, 0.717) is 0 Å². The van der Waals surface area contributed by atoms with Gasteiger partial charge in [-0.1, -0.05) is 13.2 Å². The van der Waals surface area contributed by atoms with Crippen LogP contribution in [0.15, 0.2) is 0 Å². The van der Waals surface area contributed by atoms with E-state index in [9.17, 15) is 0 Å². The fourth-order valence-electron chi connectivity index (χ4n) is 0. The molecule has 1 unspecified atom stereocenters. The van der Waals surface area contributed by atoms with Crippen molar-refractivity contribution in [3.05, 3.63) is 0 Å². The van der Waals surface area contributed by atoms with Crippen LogP contribution in [-0.4, -0.2) is 24.0 Å². The Morgan fingerprint density at radius 2 is 2.00 bits per heavy atom. The van der Waals surface area contributed by atoms with Gasteiger partial charge in [0.1, 0.15) is 0 Å². The number of hydrogen-bond acceptors (Lipinski definition) is 1.